The normalized spacial score (nSPS) is 13.1. The van der Waals surface area contributed by atoms with Gasteiger partial charge in [-0.15, -0.1) is 0 Å². The lowest BCUT2D eigenvalue weighted by Gasteiger charge is -2.14. The Morgan fingerprint density at radius 2 is 2.09 bits per heavy atom. The molecule has 0 aliphatic rings. The Hall–Kier alpha value is -1.83. The largest absolute Gasteiger partial charge is 0.497 e. The van der Waals surface area contributed by atoms with Gasteiger partial charge < -0.3 is 14.4 Å². The second-order valence-electron chi connectivity index (χ2n) is 5.04. The van der Waals surface area contributed by atoms with E-state index >= 15 is 0 Å². The standard InChI is InChI=1S/C15H20N2O4S/c1-11-9-12(21-3)6-7-15(11)22(19,20)16-10-14(18)13-5-4-8-17(13)2/h4-9,14,16,18H,10H2,1-3H3/t14-/m1/s1. The van der Waals surface area contributed by atoms with Crippen molar-refractivity contribution in [2.45, 2.75) is 17.9 Å². The van der Waals surface area contributed by atoms with Crippen molar-refractivity contribution >= 4 is 10.0 Å². The van der Waals surface area contributed by atoms with Crippen molar-refractivity contribution in [3.8, 4) is 5.75 Å². The Bertz CT molecular complexity index is 753. The predicted octanol–water partition coefficient (Wildman–Crippen LogP) is 1.35. The summed E-state index contributed by atoms with van der Waals surface area (Å²) < 4.78 is 33.9. The average molecular weight is 324 g/mol. The van der Waals surface area contributed by atoms with E-state index in [1.807, 2.05) is 0 Å². The van der Waals surface area contributed by atoms with E-state index in [9.17, 15) is 13.5 Å². The fraction of sp³-hybridized carbons (Fsp3) is 0.333. The van der Waals surface area contributed by atoms with Crippen LogP contribution in [0.15, 0.2) is 41.4 Å². The lowest BCUT2D eigenvalue weighted by atomic mass is 10.2. The number of rotatable bonds is 6. The minimum absolute atomic E-state index is 0.0916. The Morgan fingerprint density at radius 3 is 2.64 bits per heavy atom. The molecule has 2 aromatic rings. The summed E-state index contributed by atoms with van der Waals surface area (Å²) in [5.74, 6) is 0.597. The molecular formula is C15H20N2O4S. The quantitative estimate of drug-likeness (QED) is 0.840. The number of hydrogen-bond acceptors (Lipinski definition) is 4. The number of nitrogens with zero attached hydrogens (tertiary/aromatic N) is 1. The van der Waals surface area contributed by atoms with Gasteiger partial charge in [-0.05, 0) is 42.8 Å². The van der Waals surface area contributed by atoms with Crippen LogP contribution in [0, 0.1) is 6.92 Å². The monoisotopic (exact) mass is 324 g/mol. The maximum absolute atomic E-state index is 12.3. The van der Waals surface area contributed by atoms with Gasteiger partial charge in [0.05, 0.1) is 12.0 Å². The fourth-order valence-electron chi connectivity index (χ4n) is 2.24. The van der Waals surface area contributed by atoms with Crippen molar-refractivity contribution in [2.75, 3.05) is 13.7 Å². The number of aliphatic hydroxyl groups excluding tert-OH is 1. The van der Waals surface area contributed by atoms with Gasteiger partial charge >= 0.3 is 0 Å². The molecule has 0 amide bonds. The van der Waals surface area contributed by atoms with Crippen LogP contribution < -0.4 is 9.46 Å². The van der Waals surface area contributed by atoms with Crippen molar-refractivity contribution in [3.05, 3.63) is 47.8 Å². The molecule has 0 aliphatic heterocycles. The van der Waals surface area contributed by atoms with Gasteiger partial charge in [0.15, 0.2) is 0 Å². The van der Waals surface area contributed by atoms with Crippen LogP contribution in [-0.2, 0) is 17.1 Å². The summed E-state index contributed by atoms with van der Waals surface area (Å²) in [5, 5.41) is 10.1. The van der Waals surface area contributed by atoms with E-state index < -0.39 is 16.1 Å². The molecule has 1 aromatic carbocycles. The summed E-state index contributed by atoms with van der Waals surface area (Å²) in [7, 11) is -0.372. The smallest absolute Gasteiger partial charge is 0.240 e. The molecule has 120 valence electrons. The fourth-order valence-corrected chi connectivity index (χ4v) is 3.50. The summed E-state index contributed by atoms with van der Waals surface area (Å²) >= 11 is 0. The van der Waals surface area contributed by atoms with Gasteiger partial charge in [-0.25, -0.2) is 13.1 Å². The van der Waals surface area contributed by atoms with Crippen molar-refractivity contribution in [1.29, 1.82) is 0 Å². The predicted molar refractivity (Wildman–Crippen MR) is 83.3 cm³/mol. The first kappa shape index (κ1) is 16.5. The van der Waals surface area contributed by atoms with E-state index in [1.54, 1.807) is 49.0 Å². The summed E-state index contributed by atoms with van der Waals surface area (Å²) in [6.07, 6.45) is 0.883. The third-order valence-electron chi connectivity index (χ3n) is 3.46. The van der Waals surface area contributed by atoms with Gasteiger partial charge in [0.2, 0.25) is 10.0 Å². The molecule has 1 heterocycles. The zero-order valence-electron chi connectivity index (χ0n) is 12.8. The molecule has 22 heavy (non-hydrogen) atoms. The highest BCUT2D eigenvalue weighted by Crippen LogP contribution is 2.21. The Kier molecular flexibility index (Phi) is 4.90. The van der Waals surface area contributed by atoms with Crippen LogP contribution in [0.3, 0.4) is 0 Å². The molecule has 0 radical (unpaired) electrons. The Morgan fingerprint density at radius 1 is 1.36 bits per heavy atom. The van der Waals surface area contributed by atoms with E-state index in [2.05, 4.69) is 4.72 Å². The minimum atomic E-state index is -3.69. The second-order valence-corrected chi connectivity index (χ2v) is 6.78. The zero-order valence-corrected chi connectivity index (χ0v) is 13.6. The number of aromatic nitrogens is 1. The van der Waals surface area contributed by atoms with Gasteiger partial charge in [0, 0.05) is 25.5 Å². The number of benzene rings is 1. The average Bonchev–Trinajstić information content (AvgIpc) is 2.90. The molecule has 2 N–H and O–H groups in total. The highest BCUT2D eigenvalue weighted by Gasteiger charge is 2.20. The first-order valence-corrected chi connectivity index (χ1v) is 8.27. The number of sulfonamides is 1. The van der Waals surface area contributed by atoms with Crippen LogP contribution in [0.4, 0.5) is 0 Å². The molecule has 0 unspecified atom stereocenters. The van der Waals surface area contributed by atoms with E-state index in [4.69, 9.17) is 4.74 Å². The number of aliphatic hydroxyl groups is 1. The number of methoxy groups -OCH3 is 1. The van der Waals surface area contributed by atoms with Gasteiger partial charge in [-0.3, -0.25) is 0 Å². The molecule has 7 heteroatoms. The van der Waals surface area contributed by atoms with Crippen molar-refractivity contribution in [3.63, 3.8) is 0 Å². The Labute approximate surface area is 130 Å². The van der Waals surface area contributed by atoms with E-state index in [0.29, 0.717) is 17.0 Å². The zero-order chi connectivity index (χ0) is 16.3. The molecule has 1 aromatic heterocycles. The van der Waals surface area contributed by atoms with Gasteiger partial charge in [-0.1, -0.05) is 0 Å². The third kappa shape index (κ3) is 3.49. The summed E-state index contributed by atoms with van der Waals surface area (Å²) in [6, 6.07) is 8.28. The molecule has 2 rings (SSSR count). The first-order chi connectivity index (χ1) is 10.3. The SMILES string of the molecule is COc1ccc(S(=O)(=O)NC[C@@H](O)c2cccn2C)c(C)c1. The summed E-state index contributed by atoms with van der Waals surface area (Å²) in [5.41, 5.74) is 1.23. The molecular weight excluding hydrogens is 304 g/mol. The molecule has 0 spiro atoms. The van der Waals surface area contributed by atoms with E-state index in [-0.39, 0.29) is 11.4 Å². The number of nitrogens with one attached hydrogen (secondary N) is 1. The number of aryl methyl sites for hydroxylation is 2. The molecule has 0 fully saturated rings. The maximum Gasteiger partial charge on any atom is 0.240 e. The lowest BCUT2D eigenvalue weighted by Crippen LogP contribution is -2.29. The van der Waals surface area contributed by atoms with Crippen LogP contribution in [0.5, 0.6) is 5.75 Å². The Balaban J connectivity index is 2.13. The molecule has 6 nitrogen and oxygen atoms in total. The molecule has 0 saturated carbocycles. The van der Waals surface area contributed by atoms with Crippen molar-refractivity contribution in [2.24, 2.45) is 7.05 Å². The maximum atomic E-state index is 12.3. The molecule has 1 atom stereocenters. The number of hydrogen-bond donors (Lipinski definition) is 2. The minimum Gasteiger partial charge on any atom is -0.497 e. The van der Waals surface area contributed by atoms with E-state index in [0.717, 1.165) is 0 Å². The number of ether oxygens (including phenoxy) is 1. The van der Waals surface area contributed by atoms with Crippen LogP contribution >= 0.6 is 0 Å². The van der Waals surface area contributed by atoms with Crippen molar-refractivity contribution in [1.82, 2.24) is 9.29 Å². The van der Waals surface area contributed by atoms with Crippen LogP contribution in [0.2, 0.25) is 0 Å². The molecule has 0 bridgehead atoms. The second kappa shape index (κ2) is 6.51. The lowest BCUT2D eigenvalue weighted by molar-refractivity contribution is 0.173. The topological polar surface area (TPSA) is 80.6 Å². The van der Waals surface area contributed by atoms with Crippen LogP contribution in [0.25, 0.3) is 0 Å². The first-order valence-electron chi connectivity index (χ1n) is 6.79. The summed E-state index contributed by atoms with van der Waals surface area (Å²) in [6.45, 7) is 1.61. The van der Waals surface area contributed by atoms with Crippen molar-refractivity contribution < 1.29 is 18.3 Å². The summed E-state index contributed by atoms with van der Waals surface area (Å²) in [4.78, 5) is 0.174. The highest BCUT2D eigenvalue weighted by molar-refractivity contribution is 7.89. The van der Waals surface area contributed by atoms with E-state index in [1.165, 1.54) is 13.2 Å². The van der Waals surface area contributed by atoms with Crippen LogP contribution in [-0.4, -0.2) is 31.7 Å². The highest BCUT2D eigenvalue weighted by atomic mass is 32.2. The van der Waals surface area contributed by atoms with Gasteiger partial charge in [0.1, 0.15) is 11.9 Å². The third-order valence-corrected chi connectivity index (χ3v) is 5.05. The van der Waals surface area contributed by atoms with Gasteiger partial charge in [-0.2, -0.15) is 0 Å². The van der Waals surface area contributed by atoms with Crippen LogP contribution in [0.1, 0.15) is 17.4 Å². The molecule has 0 aliphatic carbocycles. The molecule has 0 saturated heterocycles. The van der Waals surface area contributed by atoms with Gasteiger partial charge in [0.25, 0.3) is 0 Å².